The first kappa shape index (κ1) is 10.8. The Morgan fingerprint density at radius 1 is 1.31 bits per heavy atom. The predicted octanol–water partition coefficient (Wildman–Crippen LogP) is 0.999. The van der Waals surface area contributed by atoms with Gasteiger partial charge in [-0.15, -0.1) is 0 Å². The van der Waals surface area contributed by atoms with E-state index < -0.39 is 0 Å². The number of aromatic nitrogens is 4. The Hall–Kier alpha value is -1.75. The van der Waals surface area contributed by atoms with E-state index in [1.807, 2.05) is 37.9 Å². The summed E-state index contributed by atoms with van der Waals surface area (Å²) in [7, 11) is 1.91. The summed E-state index contributed by atoms with van der Waals surface area (Å²) in [5, 5.41) is 3.09. The van der Waals surface area contributed by atoms with E-state index >= 15 is 0 Å². The number of hydrogen-bond donors (Lipinski definition) is 1. The van der Waals surface area contributed by atoms with Crippen molar-refractivity contribution in [2.75, 3.05) is 7.05 Å². The number of rotatable bonds is 3. The molecule has 2 aromatic heterocycles. The summed E-state index contributed by atoms with van der Waals surface area (Å²) >= 11 is 0. The summed E-state index contributed by atoms with van der Waals surface area (Å²) in [6.45, 7) is 4.71. The number of imidazole rings is 1. The van der Waals surface area contributed by atoms with Gasteiger partial charge in [0.1, 0.15) is 5.82 Å². The van der Waals surface area contributed by atoms with Gasteiger partial charge in [-0.05, 0) is 20.9 Å². The lowest BCUT2D eigenvalue weighted by Gasteiger charge is -2.07. The van der Waals surface area contributed by atoms with Crippen LogP contribution >= 0.6 is 0 Å². The first-order valence-electron chi connectivity index (χ1n) is 5.20. The maximum atomic E-state index is 4.47. The summed E-state index contributed by atoms with van der Waals surface area (Å²) in [4.78, 5) is 13.0. The Bertz CT molecular complexity index is 489. The van der Waals surface area contributed by atoms with E-state index in [0.29, 0.717) is 5.95 Å². The Balaban J connectivity index is 2.38. The van der Waals surface area contributed by atoms with Gasteiger partial charge in [-0.3, -0.25) is 4.57 Å². The van der Waals surface area contributed by atoms with Crippen LogP contribution in [0.2, 0.25) is 0 Å². The quantitative estimate of drug-likeness (QED) is 0.833. The molecular weight excluding hydrogens is 202 g/mol. The second-order valence-corrected chi connectivity index (χ2v) is 3.66. The molecular formula is C11H15N5. The van der Waals surface area contributed by atoms with Crippen molar-refractivity contribution in [3.05, 3.63) is 35.7 Å². The summed E-state index contributed by atoms with van der Waals surface area (Å²) in [6.07, 6.45) is 5.46. The lowest BCUT2D eigenvalue weighted by molar-refractivity contribution is 0.783. The molecule has 0 fully saturated rings. The van der Waals surface area contributed by atoms with Crippen LogP contribution in [0.5, 0.6) is 0 Å². The largest absolute Gasteiger partial charge is 0.316 e. The number of nitrogens with zero attached hydrogens (tertiary/aromatic N) is 4. The summed E-state index contributed by atoms with van der Waals surface area (Å²) in [5.41, 5.74) is 2.11. The lowest BCUT2D eigenvalue weighted by atomic mass is 10.2. The van der Waals surface area contributed by atoms with Crippen LogP contribution in [0.25, 0.3) is 5.95 Å². The zero-order valence-corrected chi connectivity index (χ0v) is 9.73. The lowest BCUT2D eigenvalue weighted by Crippen LogP contribution is -2.10. The molecule has 5 nitrogen and oxygen atoms in total. The Morgan fingerprint density at radius 3 is 2.69 bits per heavy atom. The van der Waals surface area contributed by atoms with Gasteiger partial charge in [0, 0.05) is 36.4 Å². The van der Waals surface area contributed by atoms with Crippen molar-refractivity contribution in [3.8, 4) is 5.95 Å². The van der Waals surface area contributed by atoms with Gasteiger partial charge < -0.3 is 5.32 Å². The smallest absolute Gasteiger partial charge is 0.235 e. The van der Waals surface area contributed by atoms with Gasteiger partial charge in [-0.1, -0.05) is 0 Å². The molecule has 0 aromatic carbocycles. The number of nitrogens with one attached hydrogen (secondary N) is 1. The molecule has 0 aliphatic rings. The zero-order chi connectivity index (χ0) is 11.5. The van der Waals surface area contributed by atoms with Crippen LogP contribution in [0.15, 0.2) is 18.6 Å². The molecule has 0 saturated carbocycles. The molecule has 0 aliphatic carbocycles. The first-order valence-corrected chi connectivity index (χ1v) is 5.20. The molecule has 0 unspecified atom stereocenters. The maximum Gasteiger partial charge on any atom is 0.235 e. The fraction of sp³-hybridized carbons (Fsp3) is 0.364. The van der Waals surface area contributed by atoms with Gasteiger partial charge in [0.15, 0.2) is 0 Å². The van der Waals surface area contributed by atoms with E-state index in [1.54, 1.807) is 6.20 Å². The molecule has 84 valence electrons. The van der Waals surface area contributed by atoms with Crippen LogP contribution in [0.4, 0.5) is 0 Å². The molecule has 2 rings (SSSR count). The standard InChI is InChI=1S/C11H15N5/c1-8-10(6-12-3)7-14-11(15-8)16-5-4-13-9(16)2/h4-5,7,12H,6H2,1-3H3. The highest BCUT2D eigenvalue weighted by molar-refractivity contribution is 5.23. The Kier molecular flexibility index (Phi) is 2.96. The fourth-order valence-corrected chi connectivity index (χ4v) is 1.55. The van der Waals surface area contributed by atoms with Crippen molar-refractivity contribution >= 4 is 0 Å². The topological polar surface area (TPSA) is 55.6 Å². The average Bonchev–Trinajstić information content (AvgIpc) is 2.68. The molecule has 5 heteroatoms. The van der Waals surface area contributed by atoms with Crippen LogP contribution in [-0.2, 0) is 6.54 Å². The van der Waals surface area contributed by atoms with E-state index in [4.69, 9.17) is 0 Å². The molecule has 1 N–H and O–H groups in total. The predicted molar refractivity (Wildman–Crippen MR) is 61.4 cm³/mol. The third-order valence-corrected chi connectivity index (χ3v) is 2.48. The van der Waals surface area contributed by atoms with E-state index in [1.165, 1.54) is 0 Å². The molecule has 0 bridgehead atoms. The molecule has 0 spiro atoms. The van der Waals surface area contributed by atoms with Crippen LogP contribution in [0, 0.1) is 13.8 Å². The van der Waals surface area contributed by atoms with Crippen molar-refractivity contribution < 1.29 is 0 Å². The number of aryl methyl sites for hydroxylation is 2. The fourth-order valence-electron chi connectivity index (χ4n) is 1.55. The van der Waals surface area contributed by atoms with Gasteiger partial charge in [0.05, 0.1) is 0 Å². The Morgan fingerprint density at radius 2 is 2.12 bits per heavy atom. The summed E-state index contributed by atoms with van der Waals surface area (Å²) < 4.78 is 1.87. The highest BCUT2D eigenvalue weighted by Gasteiger charge is 2.06. The second kappa shape index (κ2) is 4.40. The van der Waals surface area contributed by atoms with Crippen LogP contribution in [-0.4, -0.2) is 26.6 Å². The minimum atomic E-state index is 0.673. The molecule has 16 heavy (non-hydrogen) atoms. The van der Waals surface area contributed by atoms with E-state index in [0.717, 1.165) is 23.6 Å². The normalized spacial score (nSPS) is 10.7. The van der Waals surface area contributed by atoms with Crippen molar-refractivity contribution in [3.63, 3.8) is 0 Å². The molecule has 0 saturated heterocycles. The van der Waals surface area contributed by atoms with Gasteiger partial charge >= 0.3 is 0 Å². The van der Waals surface area contributed by atoms with E-state index in [-0.39, 0.29) is 0 Å². The van der Waals surface area contributed by atoms with Crippen molar-refractivity contribution in [1.82, 2.24) is 24.8 Å². The van der Waals surface area contributed by atoms with Gasteiger partial charge in [-0.25, -0.2) is 15.0 Å². The molecule has 0 amide bonds. The van der Waals surface area contributed by atoms with Crippen LogP contribution in [0.3, 0.4) is 0 Å². The first-order chi connectivity index (χ1) is 7.72. The van der Waals surface area contributed by atoms with Gasteiger partial charge in [0.25, 0.3) is 0 Å². The molecule has 2 aromatic rings. The van der Waals surface area contributed by atoms with Crippen molar-refractivity contribution in [2.45, 2.75) is 20.4 Å². The van der Waals surface area contributed by atoms with Crippen LogP contribution < -0.4 is 5.32 Å². The van der Waals surface area contributed by atoms with Crippen molar-refractivity contribution in [2.24, 2.45) is 0 Å². The van der Waals surface area contributed by atoms with E-state index in [9.17, 15) is 0 Å². The minimum absolute atomic E-state index is 0.673. The minimum Gasteiger partial charge on any atom is -0.316 e. The van der Waals surface area contributed by atoms with Gasteiger partial charge in [-0.2, -0.15) is 0 Å². The van der Waals surface area contributed by atoms with Gasteiger partial charge in [0.2, 0.25) is 5.95 Å². The molecule has 0 radical (unpaired) electrons. The SMILES string of the molecule is CNCc1cnc(-n2ccnc2C)nc1C. The maximum absolute atomic E-state index is 4.47. The summed E-state index contributed by atoms with van der Waals surface area (Å²) in [6, 6.07) is 0. The highest BCUT2D eigenvalue weighted by atomic mass is 15.2. The van der Waals surface area contributed by atoms with Crippen LogP contribution in [0.1, 0.15) is 17.1 Å². The molecule has 0 atom stereocenters. The van der Waals surface area contributed by atoms with E-state index in [2.05, 4.69) is 20.3 Å². The third-order valence-electron chi connectivity index (χ3n) is 2.48. The highest BCUT2D eigenvalue weighted by Crippen LogP contribution is 2.08. The second-order valence-electron chi connectivity index (χ2n) is 3.66. The van der Waals surface area contributed by atoms with Crippen molar-refractivity contribution in [1.29, 1.82) is 0 Å². The Labute approximate surface area is 94.6 Å². The monoisotopic (exact) mass is 217 g/mol. The average molecular weight is 217 g/mol. The summed E-state index contributed by atoms with van der Waals surface area (Å²) in [5.74, 6) is 1.56. The molecule has 2 heterocycles. The zero-order valence-electron chi connectivity index (χ0n) is 9.73. The number of hydrogen-bond acceptors (Lipinski definition) is 4. The molecule has 0 aliphatic heterocycles. The third kappa shape index (κ3) is 1.94.